The molecule has 1 aliphatic heterocycles. The monoisotopic (exact) mass is 495 g/mol. The second-order valence-electron chi connectivity index (χ2n) is 7.93. The predicted molar refractivity (Wildman–Crippen MR) is 134 cm³/mol. The number of ketones is 1. The van der Waals surface area contributed by atoms with Crippen LogP contribution in [-0.4, -0.2) is 26.4 Å². The minimum atomic E-state index is -1.60. The summed E-state index contributed by atoms with van der Waals surface area (Å²) in [5.74, 6) is -2.63. The van der Waals surface area contributed by atoms with Crippen LogP contribution >= 0.6 is 11.8 Å². The highest BCUT2D eigenvalue weighted by molar-refractivity contribution is 7.98. The van der Waals surface area contributed by atoms with E-state index in [0.717, 1.165) is 10.5 Å². The van der Waals surface area contributed by atoms with Gasteiger partial charge in [0.1, 0.15) is 5.69 Å². The maximum absolute atomic E-state index is 13.5. The fourth-order valence-electron chi connectivity index (χ4n) is 4.01. The van der Waals surface area contributed by atoms with E-state index >= 15 is 0 Å². The number of aromatic nitrogens is 2. The number of anilines is 1. The Hall–Kier alpha value is -4.75. The summed E-state index contributed by atoms with van der Waals surface area (Å²) in [5.41, 5.74) is 3.04. The Labute approximate surface area is 209 Å². The Morgan fingerprint density at radius 2 is 1.75 bits per heavy atom. The van der Waals surface area contributed by atoms with E-state index in [1.54, 1.807) is 47.1 Å². The minimum Gasteiger partial charge on any atom is -0.325 e. The number of carbonyl (C=O) groups excluding carboxylic acids is 2. The van der Waals surface area contributed by atoms with Crippen molar-refractivity contribution in [1.29, 1.82) is 5.26 Å². The molecule has 0 aliphatic carbocycles. The van der Waals surface area contributed by atoms with Crippen molar-refractivity contribution < 1.29 is 14.5 Å². The Morgan fingerprint density at radius 3 is 2.44 bits per heavy atom. The Kier molecular flexibility index (Phi) is 6.06. The summed E-state index contributed by atoms with van der Waals surface area (Å²) >= 11 is 1.53. The van der Waals surface area contributed by atoms with Crippen molar-refractivity contribution in [3.63, 3.8) is 0 Å². The SMILES string of the molecule is N#CC(C(=O)Nc1ccccc1)C(=O)c1nn(-c2ccc([N+](=O)[O-])cc2)c2c1CSc1ccccc1-2. The molecular formula is C26H17N5O4S. The summed E-state index contributed by atoms with van der Waals surface area (Å²) in [6, 6.07) is 23.9. The van der Waals surface area contributed by atoms with E-state index < -0.39 is 22.5 Å². The molecule has 3 aromatic carbocycles. The van der Waals surface area contributed by atoms with Crippen molar-refractivity contribution in [2.45, 2.75) is 10.6 Å². The molecule has 4 aromatic rings. The molecule has 1 amide bonds. The van der Waals surface area contributed by atoms with Gasteiger partial charge >= 0.3 is 0 Å². The molecule has 0 bridgehead atoms. The van der Waals surface area contributed by atoms with Gasteiger partial charge < -0.3 is 5.32 Å². The third-order valence-corrected chi connectivity index (χ3v) is 6.83. The van der Waals surface area contributed by atoms with Gasteiger partial charge in [0.2, 0.25) is 11.7 Å². The number of non-ortho nitro benzene ring substituents is 1. The van der Waals surface area contributed by atoms with Crippen LogP contribution in [0.25, 0.3) is 16.9 Å². The quantitative estimate of drug-likeness (QED) is 0.172. The Morgan fingerprint density at radius 1 is 1.06 bits per heavy atom. The second-order valence-corrected chi connectivity index (χ2v) is 8.94. The number of hydrogen-bond donors (Lipinski definition) is 1. The van der Waals surface area contributed by atoms with E-state index in [1.807, 2.05) is 30.3 Å². The number of Topliss-reactive ketones (excluding diaryl/α,β-unsaturated/α-hetero) is 1. The number of para-hydroxylation sites is 1. The lowest BCUT2D eigenvalue weighted by molar-refractivity contribution is -0.384. The number of nitriles is 1. The first-order chi connectivity index (χ1) is 17.5. The lowest BCUT2D eigenvalue weighted by Gasteiger charge is -2.18. The van der Waals surface area contributed by atoms with Crippen molar-refractivity contribution in [2.24, 2.45) is 5.92 Å². The van der Waals surface area contributed by atoms with E-state index in [0.29, 0.717) is 28.4 Å². The predicted octanol–water partition coefficient (Wildman–Crippen LogP) is 5.01. The summed E-state index contributed by atoms with van der Waals surface area (Å²) in [6.07, 6.45) is 0. The molecule has 0 fully saturated rings. The van der Waals surface area contributed by atoms with E-state index in [2.05, 4.69) is 10.4 Å². The van der Waals surface area contributed by atoms with Gasteiger partial charge in [0.15, 0.2) is 5.92 Å². The topological polar surface area (TPSA) is 131 Å². The standard InChI is InChI=1S/C26H17N5O4S/c27-14-20(26(33)28-16-6-2-1-3-7-16)25(32)23-21-15-36-22-9-5-4-8-19(22)24(21)30(29-23)17-10-12-18(13-11-17)31(34)35/h1-13,20H,15H2,(H,28,33). The zero-order chi connectivity index (χ0) is 25.2. The lowest BCUT2D eigenvalue weighted by Crippen LogP contribution is -2.29. The van der Waals surface area contributed by atoms with Crippen molar-refractivity contribution in [1.82, 2.24) is 9.78 Å². The highest BCUT2D eigenvalue weighted by Gasteiger charge is 2.35. The second kappa shape index (κ2) is 9.48. The number of amides is 1. The summed E-state index contributed by atoms with van der Waals surface area (Å²) in [5, 5.41) is 28.0. The van der Waals surface area contributed by atoms with Gasteiger partial charge in [-0.25, -0.2) is 4.68 Å². The third-order valence-electron chi connectivity index (χ3n) is 5.73. The molecule has 1 unspecified atom stereocenters. The molecule has 0 saturated heterocycles. The van der Waals surface area contributed by atoms with E-state index in [9.17, 15) is 25.0 Å². The maximum Gasteiger partial charge on any atom is 0.269 e. The van der Waals surface area contributed by atoms with Crippen molar-refractivity contribution in [3.8, 4) is 23.0 Å². The molecule has 0 radical (unpaired) electrons. The summed E-state index contributed by atoms with van der Waals surface area (Å²) in [6.45, 7) is 0. The Bertz CT molecular complexity index is 1540. The average molecular weight is 496 g/mol. The number of fused-ring (bicyclic) bond motifs is 3. The largest absolute Gasteiger partial charge is 0.325 e. The van der Waals surface area contributed by atoms with Crippen LogP contribution in [0.2, 0.25) is 0 Å². The highest BCUT2D eigenvalue weighted by atomic mass is 32.2. The first kappa shape index (κ1) is 23.0. The van der Waals surface area contributed by atoms with Crippen molar-refractivity contribution >= 4 is 34.8 Å². The van der Waals surface area contributed by atoms with Gasteiger partial charge in [0, 0.05) is 39.6 Å². The first-order valence-corrected chi connectivity index (χ1v) is 11.8. The molecule has 176 valence electrons. The molecule has 1 aromatic heterocycles. The van der Waals surface area contributed by atoms with E-state index in [-0.39, 0.29) is 11.4 Å². The maximum atomic E-state index is 13.5. The summed E-state index contributed by atoms with van der Waals surface area (Å²) in [4.78, 5) is 38.0. The fourth-order valence-corrected chi connectivity index (χ4v) is 5.08. The van der Waals surface area contributed by atoms with Gasteiger partial charge in [-0.2, -0.15) is 10.4 Å². The molecule has 0 saturated carbocycles. The van der Waals surface area contributed by atoms with Crippen LogP contribution in [0.4, 0.5) is 11.4 Å². The number of thioether (sulfide) groups is 1. The smallest absolute Gasteiger partial charge is 0.269 e. The van der Waals surface area contributed by atoms with E-state index in [4.69, 9.17) is 0 Å². The van der Waals surface area contributed by atoms with E-state index in [1.165, 1.54) is 23.9 Å². The Balaban J connectivity index is 1.59. The molecule has 10 heteroatoms. The van der Waals surface area contributed by atoms with Crippen LogP contribution in [0, 0.1) is 27.4 Å². The van der Waals surface area contributed by atoms with Gasteiger partial charge in [-0.1, -0.05) is 36.4 Å². The average Bonchev–Trinajstić information content (AvgIpc) is 3.30. The number of carbonyl (C=O) groups is 2. The summed E-state index contributed by atoms with van der Waals surface area (Å²) < 4.78 is 1.55. The van der Waals surface area contributed by atoms with Crippen LogP contribution in [0.15, 0.2) is 83.8 Å². The minimum absolute atomic E-state index is 0.0279. The zero-order valence-electron chi connectivity index (χ0n) is 18.6. The molecule has 1 atom stereocenters. The first-order valence-electron chi connectivity index (χ1n) is 10.9. The number of hydrogen-bond acceptors (Lipinski definition) is 7. The van der Waals surface area contributed by atoms with Gasteiger partial charge in [-0.05, 0) is 30.3 Å². The van der Waals surface area contributed by atoms with Gasteiger partial charge in [0.05, 0.1) is 22.4 Å². The van der Waals surface area contributed by atoms with Crippen LogP contribution in [0.5, 0.6) is 0 Å². The summed E-state index contributed by atoms with van der Waals surface area (Å²) in [7, 11) is 0. The lowest BCUT2D eigenvalue weighted by atomic mass is 9.97. The van der Waals surface area contributed by atoms with Crippen LogP contribution in [0.1, 0.15) is 16.1 Å². The zero-order valence-corrected chi connectivity index (χ0v) is 19.4. The fraction of sp³-hybridized carbons (Fsp3) is 0.0769. The van der Waals surface area contributed by atoms with Crippen LogP contribution in [-0.2, 0) is 10.5 Å². The van der Waals surface area contributed by atoms with Crippen molar-refractivity contribution in [2.75, 3.05) is 5.32 Å². The molecule has 5 rings (SSSR count). The number of nitrogens with one attached hydrogen (secondary N) is 1. The normalized spacial score (nSPS) is 12.5. The molecule has 0 spiro atoms. The van der Waals surface area contributed by atoms with Gasteiger partial charge in [-0.15, -0.1) is 11.8 Å². The third kappa shape index (κ3) is 4.12. The molecule has 9 nitrogen and oxygen atoms in total. The number of nitrogens with zero attached hydrogens (tertiary/aromatic N) is 4. The molecule has 36 heavy (non-hydrogen) atoms. The number of nitro benzene ring substituents is 1. The molecule has 1 N–H and O–H groups in total. The van der Waals surface area contributed by atoms with Crippen molar-refractivity contribution in [3.05, 3.63) is 100 Å². The number of rotatable bonds is 6. The number of nitro groups is 1. The number of benzene rings is 3. The molecular weight excluding hydrogens is 478 g/mol. The highest BCUT2D eigenvalue weighted by Crippen LogP contribution is 2.44. The molecule has 2 heterocycles. The molecule has 1 aliphatic rings. The van der Waals surface area contributed by atoms with Gasteiger partial charge in [-0.3, -0.25) is 19.7 Å². The van der Waals surface area contributed by atoms with Gasteiger partial charge in [0.25, 0.3) is 5.69 Å². The van der Waals surface area contributed by atoms with Crippen LogP contribution < -0.4 is 5.32 Å². The van der Waals surface area contributed by atoms with Crippen LogP contribution in [0.3, 0.4) is 0 Å².